The number of aliphatic hydroxyl groups excluding tert-OH is 1. The molecule has 92 valence electrons. The summed E-state index contributed by atoms with van der Waals surface area (Å²) < 4.78 is 10.5. The van der Waals surface area contributed by atoms with Gasteiger partial charge in [-0.3, -0.25) is 0 Å². The zero-order chi connectivity index (χ0) is 12.6. The van der Waals surface area contributed by atoms with Gasteiger partial charge in [-0.15, -0.1) is 0 Å². The normalized spacial score (nSPS) is 24.9. The highest BCUT2D eigenvalue weighted by molar-refractivity contribution is 5.69. The van der Waals surface area contributed by atoms with E-state index in [4.69, 9.17) is 9.47 Å². The second kappa shape index (κ2) is 3.92. The van der Waals surface area contributed by atoms with E-state index in [1.54, 1.807) is 26.0 Å². The van der Waals surface area contributed by atoms with Gasteiger partial charge in [0.25, 0.3) is 0 Å². The Morgan fingerprint density at radius 1 is 1.59 bits per heavy atom. The predicted octanol–water partition coefficient (Wildman–Crippen LogP) is 1.43. The second-order valence-electron chi connectivity index (χ2n) is 4.49. The molecule has 1 amide bonds. The fourth-order valence-electron chi connectivity index (χ4n) is 1.92. The van der Waals surface area contributed by atoms with Gasteiger partial charge in [0, 0.05) is 12.6 Å². The Morgan fingerprint density at radius 2 is 2.29 bits per heavy atom. The fraction of sp³-hybridized carbons (Fsp3) is 0.417. The highest BCUT2D eigenvalue weighted by Gasteiger charge is 2.48. The molecular weight excluding hydrogens is 222 g/mol. The lowest BCUT2D eigenvalue weighted by Gasteiger charge is -2.24. The molecule has 2 N–H and O–H groups in total. The molecule has 0 fully saturated rings. The van der Waals surface area contributed by atoms with E-state index in [0.29, 0.717) is 17.1 Å². The van der Waals surface area contributed by atoms with Crippen LogP contribution in [0.3, 0.4) is 0 Å². The van der Waals surface area contributed by atoms with Crippen molar-refractivity contribution < 1.29 is 19.4 Å². The first kappa shape index (κ1) is 11.7. The molecule has 0 saturated heterocycles. The number of ether oxygens (including phenoxy) is 2. The first-order chi connectivity index (χ1) is 7.98. The molecule has 1 unspecified atom stereocenters. The van der Waals surface area contributed by atoms with Gasteiger partial charge < -0.3 is 19.9 Å². The summed E-state index contributed by atoms with van der Waals surface area (Å²) in [6.07, 6.45) is 3.61. The van der Waals surface area contributed by atoms with E-state index >= 15 is 0 Å². The van der Waals surface area contributed by atoms with E-state index < -0.39 is 17.6 Å². The van der Waals surface area contributed by atoms with Crippen LogP contribution in [0.5, 0.6) is 0 Å². The minimum absolute atomic E-state index is 0.347. The summed E-state index contributed by atoms with van der Waals surface area (Å²) in [5.41, 5.74) is -0.0592. The number of nitrogens with one attached hydrogen (secondary N) is 1. The van der Waals surface area contributed by atoms with E-state index in [2.05, 4.69) is 5.32 Å². The van der Waals surface area contributed by atoms with Crippen LogP contribution < -0.4 is 5.32 Å². The number of alkyl carbamates (subject to hydrolysis) is 1. The van der Waals surface area contributed by atoms with Gasteiger partial charge in [0.05, 0.1) is 17.8 Å². The molecule has 0 saturated carbocycles. The molecule has 5 heteroatoms. The van der Waals surface area contributed by atoms with Crippen molar-refractivity contribution in [1.82, 2.24) is 5.32 Å². The van der Waals surface area contributed by atoms with Crippen LogP contribution in [0.2, 0.25) is 0 Å². The predicted molar refractivity (Wildman–Crippen MR) is 60.7 cm³/mol. The number of fused-ring (bicyclic) bond motifs is 1. The molecule has 1 atom stereocenters. The van der Waals surface area contributed by atoms with Gasteiger partial charge in [0.15, 0.2) is 11.5 Å². The summed E-state index contributed by atoms with van der Waals surface area (Å²) in [6.45, 7) is 3.59. The van der Waals surface area contributed by atoms with Crippen molar-refractivity contribution in [2.75, 3.05) is 7.05 Å². The van der Waals surface area contributed by atoms with Gasteiger partial charge in [0.1, 0.15) is 0 Å². The molecule has 1 aliphatic heterocycles. The Labute approximate surface area is 99.4 Å². The first-order valence-corrected chi connectivity index (χ1v) is 5.34. The molecule has 0 aromatic carbocycles. The molecule has 2 rings (SSSR count). The molecule has 1 aliphatic carbocycles. The van der Waals surface area contributed by atoms with Crippen LogP contribution in [-0.4, -0.2) is 24.4 Å². The summed E-state index contributed by atoms with van der Waals surface area (Å²) in [4.78, 5) is 11.3. The highest BCUT2D eigenvalue weighted by Crippen LogP contribution is 2.47. The standard InChI is InChI=1S/C12H15NO4/c1-12(2)9(14)7-5-4-6-16-8(7)10(12)17-11(15)13-3/h4-6,9,14H,1-3H3,(H,13,15). The molecule has 5 nitrogen and oxygen atoms in total. The van der Waals surface area contributed by atoms with Gasteiger partial charge in [-0.2, -0.15) is 0 Å². The van der Waals surface area contributed by atoms with Crippen LogP contribution in [0.4, 0.5) is 4.79 Å². The number of carbonyl (C=O) groups is 1. The SMILES string of the molecule is CNC(=O)OC1=C2OC=CC=C2C(O)C1(C)C. The van der Waals surface area contributed by atoms with E-state index in [-0.39, 0.29) is 0 Å². The van der Waals surface area contributed by atoms with E-state index in [1.165, 1.54) is 13.3 Å². The summed E-state index contributed by atoms with van der Waals surface area (Å²) in [7, 11) is 1.48. The second-order valence-corrected chi connectivity index (χ2v) is 4.49. The maximum atomic E-state index is 11.3. The molecule has 0 aromatic rings. The Hall–Kier alpha value is -1.75. The van der Waals surface area contributed by atoms with Crippen molar-refractivity contribution in [1.29, 1.82) is 0 Å². The lowest BCUT2D eigenvalue weighted by molar-refractivity contribution is 0.0793. The zero-order valence-electron chi connectivity index (χ0n) is 9.98. The van der Waals surface area contributed by atoms with Crippen LogP contribution in [0.25, 0.3) is 0 Å². The Balaban J connectivity index is 2.42. The third-order valence-corrected chi connectivity index (χ3v) is 2.97. The first-order valence-electron chi connectivity index (χ1n) is 5.34. The summed E-state index contributed by atoms with van der Waals surface area (Å²) in [5.74, 6) is 0.772. The lowest BCUT2D eigenvalue weighted by atomic mass is 9.87. The fourth-order valence-corrected chi connectivity index (χ4v) is 1.92. The molecule has 0 bridgehead atoms. The number of hydrogen-bond acceptors (Lipinski definition) is 4. The molecular formula is C12H15NO4. The monoisotopic (exact) mass is 237 g/mol. The maximum Gasteiger partial charge on any atom is 0.412 e. The maximum absolute atomic E-state index is 11.3. The van der Waals surface area contributed by atoms with Crippen molar-refractivity contribution >= 4 is 6.09 Å². The largest absolute Gasteiger partial charge is 0.461 e. The molecule has 1 heterocycles. The molecule has 2 aliphatic rings. The van der Waals surface area contributed by atoms with Gasteiger partial charge in [0.2, 0.25) is 0 Å². The molecule has 0 radical (unpaired) electrons. The number of allylic oxidation sites excluding steroid dienone is 2. The van der Waals surface area contributed by atoms with Crippen LogP contribution >= 0.6 is 0 Å². The molecule has 0 spiro atoms. The Morgan fingerprint density at radius 3 is 2.94 bits per heavy atom. The summed E-state index contributed by atoms with van der Waals surface area (Å²) in [5, 5.41) is 12.5. The number of amides is 1. The number of aliphatic hydroxyl groups is 1. The van der Waals surface area contributed by atoms with E-state index in [1.807, 2.05) is 0 Å². The highest BCUT2D eigenvalue weighted by atomic mass is 16.6. The smallest absolute Gasteiger partial charge is 0.412 e. The zero-order valence-corrected chi connectivity index (χ0v) is 9.98. The van der Waals surface area contributed by atoms with Crippen molar-refractivity contribution in [3.8, 4) is 0 Å². The Kier molecular flexibility index (Phi) is 2.71. The average Bonchev–Trinajstić information content (AvgIpc) is 2.51. The third-order valence-electron chi connectivity index (χ3n) is 2.97. The average molecular weight is 237 g/mol. The van der Waals surface area contributed by atoms with Gasteiger partial charge in [-0.1, -0.05) is 0 Å². The van der Waals surface area contributed by atoms with Crippen LogP contribution in [-0.2, 0) is 9.47 Å². The minimum Gasteiger partial charge on any atom is -0.461 e. The number of hydrogen-bond donors (Lipinski definition) is 2. The van der Waals surface area contributed by atoms with Crippen molar-refractivity contribution in [3.63, 3.8) is 0 Å². The summed E-state index contributed by atoms with van der Waals surface area (Å²) in [6, 6.07) is 0. The quantitative estimate of drug-likeness (QED) is 0.723. The number of carbonyl (C=O) groups excluding carboxylic acids is 1. The number of rotatable bonds is 1. The van der Waals surface area contributed by atoms with E-state index in [0.717, 1.165) is 0 Å². The summed E-state index contributed by atoms with van der Waals surface area (Å²) >= 11 is 0. The van der Waals surface area contributed by atoms with Crippen LogP contribution in [0.1, 0.15) is 13.8 Å². The third kappa shape index (κ3) is 1.72. The van der Waals surface area contributed by atoms with E-state index in [9.17, 15) is 9.90 Å². The van der Waals surface area contributed by atoms with Gasteiger partial charge in [-0.25, -0.2) is 4.79 Å². The lowest BCUT2D eigenvalue weighted by Crippen LogP contribution is -2.30. The van der Waals surface area contributed by atoms with Gasteiger partial charge in [-0.05, 0) is 26.0 Å². The van der Waals surface area contributed by atoms with Crippen molar-refractivity contribution in [2.24, 2.45) is 5.41 Å². The molecule has 17 heavy (non-hydrogen) atoms. The van der Waals surface area contributed by atoms with Crippen LogP contribution in [0, 0.1) is 5.41 Å². The minimum atomic E-state index is -0.748. The Bertz CT molecular complexity index is 445. The van der Waals surface area contributed by atoms with Crippen molar-refractivity contribution in [2.45, 2.75) is 20.0 Å². The van der Waals surface area contributed by atoms with Crippen molar-refractivity contribution in [3.05, 3.63) is 35.5 Å². The topological polar surface area (TPSA) is 67.8 Å². The van der Waals surface area contributed by atoms with Gasteiger partial charge >= 0.3 is 6.09 Å². The van der Waals surface area contributed by atoms with Crippen LogP contribution in [0.15, 0.2) is 35.5 Å². The molecule has 0 aromatic heterocycles.